The van der Waals surface area contributed by atoms with E-state index in [1.165, 1.54) is 0 Å². The second-order valence-electron chi connectivity index (χ2n) is 3.58. The maximum atomic E-state index is 5.43. The molecule has 1 aromatic rings. The van der Waals surface area contributed by atoms with Crippen LogP contribution in [0.3, 0.4) is 0 Å². The van der Waals surface area contributed by atoms with Gasteiger partial charge in [0.05, 0.1) is 19.0 Å². The van der Waals surface area contributed by atoms with Gasteiger partial charge in [-0.3, -0.25) is 4.98 Å². The second-order valence-corrected chi connectivity index (χ2v) is 3.58. The molecule has 102 valence electrons. The quantitative estimate of drug-likeness (QED) is 0.636. The topological polar surface area (TPSA) is 65.5 Å². The summed E-state index contributed by atoms with van der Waals surface area (Å²) < 4.78 is 15.7. The maximum absolute atomic E-state index is 5.43. The van der Waals surface area contributed by atoms with Gasteiger partial charge < -0.3 is 19.5 Å². The van der Waals surface area contributed by atoms with Crippen molar-refractivity contribution in [3.8, 4) is 5.88 Å². The minimum absolute atomic E-state index is 0.469. The summed E-state index contributed by atoms with van der Waals surface area (Å²) in [6, 6.07) is 0. The minimum atomic E-state index is 0.469. The first-order valence-corrected chi connectivity index (χ1v) is 6.12. The van der Waals surface area contributed by atoms with E-state index in [0.29, 0.717) is 25.7 Å². The number of anilines is 1. The Balaban J connectivity index is 2.13. The van der Waals surface area contributed by atoms with E-state index < -0.39 is 0 Å². The molecule has 0 aliphatic carbocycles. The lowest BCUT2D eigenvalue weighted by Gasteiger charge is -2.07. The summed E-state index contributed by atoms with van der Waals surface area (Å²) in [5.41, 5.74) is 0. The number of hydrogen-bond donors (Lipinski definition) is 1. The zero-order valence-electron chi connectivity index (χ0n) is 11.0. The normalized spacial score (nSPS) is 10.3. The van der Waals surface area contributed by atoms with Crippen molar-refractivity contribution < 1.29 is 14.2 Å². The van der Waals surface area contributed by atoms with E-state index in [0.717, 1.165) is 25.4 Å². The molecule has 0 atom stereocenters. The van der Waals surface area contributed by atoms with Crippen molar-refractivity contribution in [3.63, 3.8) is 0 Å². The third-order valence-corrected chi connectivity index (χ3v) is 2.09. The van der Waals surface area contributed by atoms with E-state index in [-0.39, 0.29) is 0 Å². The fraction of sp³-hybridized carbons (Fsp3) is 0.667. The number of ether oxygens (including phenoxy) is 3. The smallest absolute Gasteiger partial charge is 0.234 e. The van der Waals surface area contributed by atoms with Crippen molar-refractivity contribution in [2.24, 2.45) is 0 Å². The number of hydrogen-bond acceptors (Lipinski definition) is 6. The van der Waals surface area contributed by atoms with Crippen molar-refractivity contribution >= 4 is 5.82 Å². The van der Waals surface area contributed by atoms with Gasteiger partial charge in [0.2, 0.25) is 5.88 Å². The molecule has 1 heterocycles. The van der Waals surface area contributed by atoms with Crippen molar-refractivity contribution in [2.75, 3.05) is 45.4 Å². The van der Waals surface area contributed by atoms with E-state index in [1.54, 1.807) is 19.5 Å². The Kier molecular flexibility index (Phi) is 7.83. The lowest BCUT2D eigenvalue weighted by Crippen LogP contribution is -2.10. The van der Waals surface area contributed by atoms with Crippen molar-refractivity contribution in [3.05, 3.63) is 12.4 Å². The molecule has 0 fully saturated rings. The van der Waals surface area contributed by atoms with Crippen LogP contribution in [0.4, 0.5) is 5.82 Å². The standard InChI is InChI=1S/C12H21N3O3/c1-3-14-11-9-13-10-12(15-11)18-8-7-17-6-4-5-16-2/h9-10H,3-8H2,1-2H3,(H,14,15). The second kappa shape index (κ2) is 9.61. The van der Waals surface area contributed by atoms with E-state index in [4.69, 9.17) is 14.2 Å². The van der Waals surface area contributed by atoms with Crippen molar-refractivity contribution in [1.29, 1.82) is 0 Å². The molecule has 0 radical (unpaired) electrons. The van der Waals surface area contributed by atoms with Gasteiger partial charge in [-0.05, 0) is 13.3 Å². The van der Waals surface area contributed by atoms with Crippen LogP contribution in [0.2, 0.25) is 0 Å². The van der Waals surface area contributed by atoms with Gasteiger partial charge in [-0.1, -0.05) is 0 Å². The van der Waals surface area contributed by atoms with Gasteiger partial charge in [-0.15, -0.1) is 0 Å². The Hall–Kier alpha value is -1.40. The molecule has 0 saturated carbocycles. The number of aromatic nitrogens is 2. The summed E-state index contributed by atoms with van der Waals surface area (Å²) in [7, 11) is 1.68. The first-order valence-electron chi connectivity index (χ1n) is 6.12. The molecule has 0 aliphatic heterocycles. The highest BCUT2D eigenvalue weighted by molar-refractivity contribution is 5.32. The SMILES string of the molecule is CCNc1cncc(OCCOCCCOC)n1. The Morgan fingerprint density at radius 2 is 2.06 bits per heavy atom. The van der Waals surface area contributed by atoms with Gasteiger partial charge in [0, 0.05) is 26.9 Å². The molecule has 1 aromatic heterocycles. The fourth-order valence-corrected chi connectivity index (χ4v) is 1.30. The largest absolute Gasteiger partial charge is 0.474 e. The van der Waals surface area contributed by atoms with Gasteiger partial charge in [-0.25, -0.2) is 0 Å². The number of nitrogens with zero attached hydrogens (tertiary/aromatic N) is 2. The summed E-state index contributed by atoms with van der Waals surface area (Å²) in [6.07, 6.45) is 4.15. The molecule has 1 N–H and O–H groups in total. The maximum Gasteiger partial charge on any atom is 0.234 e. The van der Waals surface area contributed by atoms with Gasteiger partial charge >= 0.3 is 0 Å². The summed E-state index contributed by atoms with van der Waals surface area (Å²) in [4.78, 5) is 8.27. The van der Waals surface area contributed by atoms with Gasteiger partial charge in [0.15, 0.2) is 0 Å². The minimum Gasteiger partial charge on any atom is -0.474 e. The van der Waals surface area contributed by atoms with Crippen molar-refractivity contribution in [1.82, 2.24) is 9.97 Å². The highest BCUT2D eigenvalue weighted by atomic mass is 16.5. The van der Waals surface area contributed by atoms with E-state index in [9.17, 15) is 0 Å². The number of rotatable bonds is 10. The van der Waals surface area contributed by atoms with Crippen LogP contribution in [0.1, 0.15) is 13.3 Å². The Labute approximate surface area is 108 Å². The lowest BCUT2D eigenvalue weighted by molar-refractivity contribution is 0.0795. The lowest BCUT2D eigenvalue weighted by atomic mass is 10.5. The van der Waals surface area contributed by atoms with E-state index in [2.05, 4.69) is 15.3 Å². The van der Waals surface area contributed by atoms with E-state index >= 15 is 0 Å². The number of nitrogens with one attached hydrogen (secondary N) is 1. The van der Waals surface area contributed by atoms with Crippen LogP contribution in [0, 0.1) is 0 Å². The van der Waals surface area contributed by atoms with Crippen LogP contribution in [0.25, 0.3) is 0 Å². The molecule has 0 spiro atoms. The highest BCUT2D eigenvalue weighted by Crippen LogP contribution is 2.08. The molecule has 0 saturated heterocycles. The van der Waals surface area contributed by atoms with Crippen LogP contribution < -0.4 is 10.1 Å². The fourth-order valence-electron chi connectivity index (χ4n) is 1.30. The van der Waals surface area contributed by atoms with Crippen LogP contribution >= 0.6 is 0 Å². The van der Waals surface area contributed by atoms with Crippen LogP contribution in [-0.4, -0.2) is 50.1 Å². The molecule has 0 aromatic carbocycles. The molecule has 6 heteroatoms. The summed E-state index contributed by atoms with van der Waals surface area (Å²) >= 11 is 0. The summed E-state index contributed by atoms with van der Waals surface area (Å²) in [5.74, 6) is 1.23. The number of methoxy groups -OCH3 is 1. The van der Waals surface area contributed by atoms with Crippen LogP contribution in [-0.2, 0) is 9.47 Å². The monoisotopic (exact) mass is 255 g/mol. The molecule has 0 unspecified atom stereocenters. The zero-order chi connectivity index (χ0) is 13.1. The predicted molar refractivity (Wildman–Crippen MR) is 69.0 cm³/mol. The first kappa shape index (κ1) is 14.7. The Morgan fingerprint density at radius 3 is 2.83 bits per heavy atom. The molecule has 0 bridgehead atoms. The Bertz CT molecular complexity index is 323. The third-order valence-electron chi connectivity index (χ3n) is 2.09. The Morgan fingerprint density at radius 1 is 1.17 bits per heavy atom. The average Bonchev–Trinajstić information content (AvgIpc) is 2.39. The van der Waals surface area contributed by atoms with E-state index in [1.807, 2.05) is 6.92 Å². The van der Waals surface area contributed by atoms with Crippen molar-refractivity contribution in [2.45, 2.75) is 13.3 Å². The third kappa shape index (κ3) is 6.36. The average molecular weight is 255 g/mol. The molecule has 0 aliphatic rings. The molecule has 1 rings (SSSR count). The summed E-state index contributed by atoms with van der Waals surface area (Å²) in [6.45, 7) is 5.22. The molecule has 6 nitrogen and oxygen atoms in total. The van der Waals surface area contributed by atoms with Gasteiger partial charge in [0.1, 0.15) is 12.4 Å². The zero-order valence-corrected chi connectivity index (χ0v) is 11.0. The van der Waals surface area contributed by atoms with Crippen LogP contribution in [0.5, 0.6) is 5.88 Å². The van der Waals surface area contributed by atoms with Gasteiger partial charge in [-0.2, -0.15) is 4.98 Å². The molecule has 0 amide bonds. The molecular weight excluding hydrogens is 234 g/mol. The van der Waals surface area contributed by atoms with Gasteiger partial charge in [0.25, 0.3) is 0 Å². The predicted octanol–water partition coefficient (Wildman–Crippen LogP) is 1.34. The summed E-state index contributed by atoms with van der Waals surface area (Å²) in [5, 5.41) is 3.07. The highest BCUT2D eigenvalue weighted by Gasteiger charge is 1.98. The molecular formula is C12H21N3O3. The van der Waals surface area contributed by atoms with Crippen LogP contribution in [0.15, 0.2) is 12.4 Å². The molecule has 18 heavy (non-hydrogen) atoms. The first-order chi connectivity index (χ1) is 8.86.